The molecule has 0 aliphatic rings. The zero-order valence-corrected chi connectivity index (χ0v) is 4.67. The molecule has 0 bridgehead atoms. The summed E-state index contributed by atoms with van der Waals surface area (Å²) in [6.45, 7) is 3.63. The molecule has 0 saturated heterocycles. The molecule has 0 aliphatic heterocycles. The predicted molar refractivity (Wildman–Crippen MR) is 36.5 cm³/mol. The lowest BCUT2D eigenvalue weighted by molar-refractivity contribution is 1.67. The van der Waals surface area contributed by atoms with Crippen LogP contribution in [0, 0.1) is 0 Å². The Morgan fingerprint density at radius 2 is 1.75 bits per heavy atom. The van der Waals surface area contributed by atoms with Gasteiger partial charge in [0.1, 0.15) is 0 Å². The van der Waals surface area contributed by atoms with Gasteiger partial charge in [-0.25, -0.2) is 0 Å². The van der Waals surface area contributed by atoms with Gasteiger partial charge in [-0.3, -0.25) is 0 Å². The van der Waals surface area contributed by atoms with E-state index in [4.69, 9.17) is 0 Å². The molecule has 0 heteroatoms. The van der Waals surface area contributed by atoms with Gasteiger partial charge in [-0.1, -0.05) is 43.0 Å². The molecule has 0 aromatic heterocycles. The zero-order chi connectivity index (χ0) is 5.82. The fourth-order valence-electron chi connectivity index (χ4n) is 0.589. The van der Waals surface area contributed by atoms with Gasteiger partial charge >= 0.3 is 0 Å². The van der Waals surface area contributed by atoms with Crippen LogP contribution in [0.15, 0.2) is 36.9 Å². The maximum Gasteiger partial charge on any atom is -0.0263 e. The second-order valence-corrected chi connectivity index (χ2v) is 1.61. The Hall–Kier alpha value is -1.04. The van der Waals surface area contributed by atoms with Crippen molar-refractivity contribution in [2.75, 3.05) is 0 Å². The summed E-state index contributed by atoms with van der Waals surface area (Å²) in [6, 6.07) is 10.0. The van der Waals surface area contributed by atoms with Crippen molar-refractivity contribution in [2.45, 2.75) is 0 Å². The Kier molecular flexibility index (Phi) is 1.48. The molecule has 0 nitrogen and oxygen atoms in total. The molecule has 40 valence electrons. The van der Waals surface area contributed by atoms with E-state index in [1.54, 1.807) is 0 Å². The average molecular weight is 116 g/mol. The number of rotatable bonds is 1. The van der Waals surface area contributed by atoms with Crippen LogP contribution in [0.1, 0.15) is 5.56 Å². The van der Waals surface area contributed by atoms with E-state index in [0.29, 0.717) is 0 Å². The van der Waals surface area contributed by atoms with E-state index < -0.39 is 0 Å². The summed E-state index contributed by atoms with van der Waals surface area (Å²) in [6.07, 6.45) is 1.83. The van der Waals surface area contributed by atoms with Gasteiger partial charge in [0.15, 0.2) is 0 Å². The summed E-state index contributed by atoms with van der Waals surface area (Å²) in [4.78, 5) is 0. The topological polar surface area (TPSA) is 0 Å². The second kappa shape index (κ2) is 2.31. The Morgan fingerprint density at radius 1 is 1.12 bits per heavy atom. The van der Waals surface area contributed by atoms with Crippen molar-refractivity contribution in [3.8, 4) is 0 Å². The molecular weight excluding hydrogens is 108 g/mol. The maximum absolute atomic E-state index is 3.63. The molecule has 0 unspecified atom stereocenters. The van der Waals surface area contributed by atoms with E-state index in [-0.39, 0.29) is 0 Å². The summed E-state index contributed by atoms with van der Waals surface area (Å²) in [5, 5.41) is 0. The smallest absolute Gasteiger partial charge is 0.0263 e. The Bertz CT molecular complexity index is 163. The maximum atomic E-state index is 3.63. The number of benzene rings is 1. The molecule has 8 heavy (non-hydrogen) atoms. The average Bonchev–Trinajstić information content (AvgIpc) is 1.90. The lowest BCUT2D eigenvalue weighted by Gasteiger charge is -1.85. The van der Waals surface area contributed by atoms with Crippen molar-refractivity contribution in [1.82, 2.24) is 0 Å². The summed E-state index contributed by atoms with van der Waals surface area (Å²) < 4.78 is 0. The van der Waals surface area contributed by atoms with E-state index in [1.165, 1.54) is 5.56 Å². The van der Waals surface area contributed by atoms with Crippen molar-refractivity contribution >= 4 is 6.08 Å². The van der Waals surface area contributed by atoms with E-state index in [1.807, 2.05) is 36.4 Å². The lowest BCUT2D eigenvalue weighted by Crippen LogP contribution is -1.63. The van der Waals surface area contributed by atoms with Gasteiger partial charge in [0.2, 0.25) is 0 Å². The van der Waals surface area contributed by atoms with Gasteiger partial charge in [-0.15, -0.1) is 0 Å². The van der Waals surface area contributed by atoms with E-state index in [9.17, 15) is 0 Å². The highest BCUT2D eigenvalue weighted by Gasteiger charge is 1.75. The van der Waals surface area contributed by atoms with Crippen LogP contribution in [-0.4, -0.2) is 0 Å². The minimum absolute atomic E-state index is 1.17. The van der Waals surface area contributed by atoms with E-state index in [0.717, 1.165) is 0 Å². The van der Waals surface area contributed by atoms with Gasteiger partial charge in [0.05, 0.1) is 0 Å². The van der Waals surface area contributed by atoms with Crippen molar-refractivity contribution in [1.29, 1.82) is 0 Å². The fraction of sp³-hybridized carbons (Fsp3) is 0. The predicted octanol–water partition coefficient (Wildman–Crippen LogP) is 2.33. The standard InChI is InChI=1S/C8H8/c1-2-8-6-4-3-5-7-8/h2-7H,1H2/i3+2,4+2,5+2,6+2,7+2,8+2. The molecule has 0 N–H and O–H groups in total. The largest absolute Gasteiger partial charge is 0.0985 e. The highest BCUT2D eigenvalue weighted by Crippen LogP contribution is 1.97. The molecular formula is C8H8. The van der Waals surface area contributed by atoms with Crippen LogP contribution in [0.4, 0.5) is 0 Å². The van der Waals surface area contributed by atoms with Crippen LogP contribution in [0.25, 0.3) is 6.08 Å². The van der Waals surface area contributed by atoms with Crippen molar-refractivity contribution in [3.63, 3.8) is 0 Å². The van der Waals surface area contributed by atoms with Crippen LogP contribution in [0.3, 0.4) is 0 Å². The third-order valence-electron chi connectivity index (χ3n) is 1.04. The lowest BCUT2D eigenvalue weighted by atomic mass is 11.1. The zero-order valence-electron chi connectivity index (χ0n) is 4.67. The summed E-state index contributed by atoms with van der Waals surface area (Å²) >= 11 is 0. The minimum Gasteiger partial charge on any atom is -0.0985 e. The normalized spacial score (nSPS) is 8.50. The molecule has 0 radical (unpaired) electrons. The first-order valence-electron chi connectivity index (χ1n) is 2.61. The van der Waals surface area contributed by atoms with Gasteiger partial charge in [0.25, 0.3) is 0 Å². The highest BCUT2D eigenvalue weighted by atomic mass is 15.7. The first kappa shape index (κ1) is 5.10. The molecule has 0 fully saturated rings. The monoisotopic (exact) mass is 116 g/mol. The Morgan fingerprint density at radius 3 is 2.12 bits per heavy atom. The summed E-state index contributed by atoms with van der Waals surface area (Å²) in [5.74, 6) is 0. The van der Waals surface area contributed by atoms with Crippen LogP contribution < -0.4 is 0 Å². The Labute approximate surface area is 49.5 Å². The fourth-order valence-corrected chi connectivity index (χ4v) is 0.589. The van der Waals surface area contributed by atoms with Crippen LogP contribution in [0.2, 0.25) is 0 Å². The minimum atomic E-state index is 1.17. The van der Waals surface area contributed by atoms with E-state index in [2.05, 4.69) is 6.58 Å². The van der Waals surface area contributed by atoms with Crippen molar-refractivity contribution in [3.05, 3.63) is 42.5 Å². The molecule has 1 rings (SSSR count). The van der Waals surface area contributed by atoms with Crippen LogP contribution in [0.5, 0.6) is 0 Å². The van der Waals surface area contributed by atoms with Gasteiger partial charge in [0, 0.05) is 0 Å². The first-order valence-corrected chi connectivity index (χ1v) is 2.61. The van der Waals surface area contributed by atoms with Gasteiger partial charge < -0.3 is 0 Å². The SMILES string of the molecule is C=C[14c]1[14cH][14cH][14cH][14cH][14cH]1. The summed E-state index contributed by atoms with van der Waals surface area (Å²) in [5.41, 5.74) is 1.17. The Balaban J connectivity index is 2.99. The van der Waals surface area contributed by atoms with Crippen LogP contribution >= 0.6 is 0 Å². The number of hydrogen-bond acceptors (Lipinski definition) is 0. The van der Waals surface area contributed by atoms with Crippen molar-refractivity contribution in [2.24, 2.45) is 0 Å². The quantitative estimate of drug-likeness (QED) is 0.528. The van der Waals surface area contributed by atoms with Crippen molar-refractivity contribution < 1.29 is 0 Å². The molecule has 1 aromatic rings. The third-order valence-corrected chi connectivity index (χ3v) is 1.04. The molecule has 0 saturated carbocycles. The molecule has 1 aromatic carbocycles. The highest BCUT2D eigenvalue weighted by molar-refractivity contribution is 5.45. The van der Waals surface area contributed by atoms with Crippen LogP contribution in [-0.2, 0) is 0 Å². The molecule has 0 spiro atoms. The molecule has 0 amide bonds. The third kappa shape index (κ3) is 0.969. The van der Waals surface area contributed by atoms with Gasteiger partial charge in [-0.05, 0) is 5.56 Å². The van der Waals surface area contributed by atoms with E-state index >= 15 is 0 Å². The molecule has 0 atom stereocenters. The first-order chi connectivity index (χ1) is 3.93. The molecule has 0 heterocycles. The number of hydrogen-bond donors (Lipinski definition) is 0. The van der Waals surface area contributed by atoms with Gasteiger partial charge in [-0.2, -0.15) is 0 Å². The second-order valence-electron chi connectivity index (χ2n) is 1.61. The molecule has 0 aliphatic carbocycles. The summed E-state index contributed by atoms with van der Waals surface area (Å²) in [7, 11) is 0.